The Kier molecular flexibility index (Phi) is 3.31. The van der Waals surface area contributed by atoms with Gasteiger partial charge in [-0.05, 0) is 68.0 Å². The predicted molar refractivity (Wildman–Crippen MR) is 75.0 cm³/mol. The highest BCUT2D eigenvalue weighted by Gasteiger charge is 2.48. The average molecular weight is 266 g/mol. The van der Waals surface area contributed by atoms with E-state index in [1.54, 1.807) is 0 Å². The van der Waals surface area contributed by atoms with Crippen molar-refractivity contribution in [2.24, 2.45) is 23.7 Å². The summed E-state index contributed by atoms with van der Waals surface area (Å²) >= 11 is 5.25. The number of carbonyl (C=O) groups excluding carboxylic acids is 1. The smallest absolute Gasteiger partial charge is 0.225 e. The van der Waals surface area contributed by atoms with E-state index in [1.807, 2.05) is 6.92 Å². The van der Waals surface area contributed by atoms with Gasteiger partial charge in [-0.1, -0.05) is 6.92 Å². The minimum Gasteiger partial charge on any atom is -0.359 e. The molecular formula is C14H22N2OS. The van der Waals surface area contributed by atoms with E-state index in [2.05, 4.69) is 10.6 Å². The first-order valence-corrected chi connectivity index (χ1v) is 7.66. The lowest BCUT2D eigenvalue weighted by Gasteiger charge is -2.54. The maximum Gasteiger partial charge on any atom is 0.225 e. The second-order valence-electron chi connectivity index (χ2n) is 6.33. The van der Waals surface area contributed by atoms with Crippen molar-refractivity contribution in [2.75, 3.05) is 0 Å². The van der Waals surface area contributed by atoms with Gasteiger partial charge in [-0.25, -0.2) is 0 Å². The van der Waals surface area contributed by atoms with Gasteiger partial charge in [0, 0.05) is 12.5 Å². The number of rotatable bonds is 2. The minimum absolute atomic E-state index is 0.0105. The molecular weight excluding hydrogens is 244 g/mol. The summed E-state index contributed by atoms with van der Waals surface area (Å²) in [6.07, 6.45) is 7.44. The molecule has 0 aromatic carbocycles. The lowest BCUT2D eigenvalue weighted by molar-refractivity contribution is -0.119. The number of hydrogen-bond acceptors (Lipinski definition) is 2. The highest BCUT2D eigenvalue weighted by Crippen LogP contribution is 2.53. The van der Waals surface area contributed by atoms with Crippen LogP contribution in [0.15, 0.2) is 0 Å². The van der Waals surface area contributed by atoms with Gasteiger partial charge in [-0.2, -0.15) is 0 Å². The molecule has 4 aliphatic carbocycles. The number of thiocarbonyl (C=S) groups is 1. The van der Waals surface area contributed by atoms with Crippen molar-refractivity contribution in [3.8, 4) is 0 Å². The summed E-state index contributed by atoms with van der Waals surface area (Å²) in [5, 5.41) is 6.74. The van der Waals surface area contributed by atoms with Crippen LogP contribution in [0.2, 0.25) is 0 Å². The Balaban J connectivity index is 1.60. The zero-order valence-electron chi connectivity index (χ0n) is 10.9. The van der Waals surface area contributed by atoms with E-state index in [-0.39, 0.29) is 5.91 Å². The van der Waals surface area contributed by atoms with E-state index < -0.39 is 0 Å². The van der Waals surface area contributed by atoms with Crippen LogP contribution in [0.5, 0.6) is 0 Å². The number of nitrogens with one attached hydrogen (secondary N) is 2. The molecule has 0 radical (unpaired) electrons. The molecule has 4 rings (SSSR count). The van der Waals surface area contributed by atoms with Gasteiger partial charge >= 0.3 is 0 Å². The third-order valence-electron chi connectivity index (χ3n) is 5.10. The summed E-state index contributed by atoms with van der Waals surface area (Å²) in [5.74, 6) is 3.54. The number of amides is 1. The lowest BCUT2D eigenvalue weighted by Crippen LogP contribution is -2.57. The Morgan fingerprint density at radius 3 is 2.17 bits per heavy atom. The predicted octanol–water partition coefficient (Wildman–Crippen LogP) is 2.21. The lowest BCUT2D eigenvalue weighted by atomic mass is 9.54. The molecule has 0 heterocycles. The van der Waals surface area contributed by atoms with Crippen LogP contribution in [0.3, 0.4) is 0 Å². The summed E-state index contributed by atoms with van der Waals surface area (Å²) in [6.45, 7) is 1.85. The maximum atomic E-state index is 11.3. The summed E-state index contributed by atoms with van der Waals surface area (Å²) in [5.41, 5.74) is 0. The van der Waals surface area contributed by atoms with E-state index in [0.29, 0.717) is 17.6 Å². The van der Waals surface area contributed by atoms with Gasteiger partial charge in [0.05, 0.1) is 0 Å². The van der Waals surface area contributed by atoms with Gasteiger partial charge in [0.15, 0.2) is 5.11 Å². The normalized spacial score (nSPS) is 40.6. The Morgan fingerprint density at radius 2 is 1.67 bits per heavy atom. The zero-order chi connectivity index (χ0) is 12.7. The topological polar surface area (TPSA) is 41.1 Å². The van der Waals surface area contributed by atoms with Crippen molar-refractivity contribution in [2.45, 2.75) is 51.5 Å². The fraction of sp³-hybridized carbons (Fsp3) is 0.857. The molecule has 4 saturated carbocycles. The Hall–Kier alpha value is -0.640. The molecule has 100 valence electrons. The van der Waals surface area contributed by atoms with E-state index in [1.165, 1.54) is 32.1 Å². The fourth-order valence-corrected chi connectivity index (χ4v) is 4.81. The van der Waals surface area contributed by atoms with Crippen LogP contribution in [0.1, 0.15) is 45.4 Å². The molecule has 0 aromatic rings. The van der Waals surface area contributed by atoms with Crippen LogP contribution >= 0.6 is 12.2 Å². The van der Waals surface area contributed by atoms with Gasteiger partial charge in [0.25, 0.3) is 0 Å². The quantitative estimate of drug-likeness (QED) is 0.753. The second kappa shape index (κ2) is 4.80. The average Bonchev–Trinajstić information content (AvgIpc) is 2.32. The third kappa shape index (κ3) is 2.27. The first-order valence-electron chi connectivity index (χ1n) is 7.26. The monoisotopic (exact) mass is 266 g/mol. The standard InChI is InChI=1S/C14H22N2OS/c1-2-12(17)15-14(18)16-13-10-4-8-3-9(6-10)7-11(13)5-8/h8-11,13H,2-7H2,1H3,(H2,15,16,17,18). The van der Waals surface area contributed by atoms with E-state index >= 15 is 0 Å². The summed E-state index contributed by atoms with van der Waals surface area (Å²) in [4.78, 5) is 11.3. The number of hydrogen-bond donors (Lipinski definition) is 2. The minimum atomic E-state index is 0.0105. The number of carbonyl (C=O) groups is 1. The maximum absolute atomic E-state index is 11.3. The van der Waals surface area contributed by atoms with Gasteiger partial charge in [-0.3, -0.25) is 4.79 Å². The van der Waals surface area contributed by atoms with Crippen molar-refractivity contribution in [3.05, 3.63) is 0 Å². The summed E-state index contributed by atoms with van der Waals surface area (Å²) < 4.78 is 0. The van der Waals surface area contributed by atoms with Crippen LogP contribution < -0.4 is 10.6 Å². The Bertz CT molecular complexity index is 341. The van der Waals surface area contributed by atoms with Crippen LogP contribution in [0.4, 0.5) is 0 Å². The van der Waals surface area contributed by atoms with E-state index in [9.17, 15) is 4.79 Å². The molecule has 0 unspecified atom stereocenters. The fourth-order valence-electron chi connectivity index (χ4n) is 4.56. The molecule has 0 saturated heterocycles. The van der Waals surface area contributed by atoms with Crippen molar-refractivity contribution in [1.82, 2.24) is 10.6 Å². The molecule has 0 aromatic heterocycles. The Morgan fingerprint density at radius 1 is 1.11 bits per heavy atom. The highest BCUT2D eigenvalue weighted by atomic mass is 32.1. The van der Waals surface area contributed by atoms with Crippen LogP contribution in [0.25, 0.3) is 0 Å². The second-order valence-corrected chi connectivity index (χ2v) is 6.74. The molecule has 2 N–H and O–H groups in total. The molecule has 0 atom stereocenters. The molecule has 18 heavy (non-hydrogen) atoms. The van der Waals surface area contributed by atoms with E-state index in [4.69, 9.17) is 12.2 Å². The van der Waals surface area contributed by atoms with E-state index in [0.717, 1.165) is 23.7 Å². The molecule has 3 nitrogen and oxygen atoms in total. The first kappa shape index (κ1) is 12.4. The highest BCUT2D eigenvalue weighted by molar-refractivity contribution is 7.80. The van der Waals surface area contributed by atoms with Gasteiger partial charge < -0.3 is 10.6 Å². The molecule has 4 heteroatoms. The van der Waals surface area contributed by atoms with Gasteiger partial charge in [0.2, 0.25) is 5.91 Å². The third-order valence-corrected chi connectivity index (χ3v) is 5.32. The van der Waals surface area contributed by atoms with Crippen LogP contribution in [-0.4, -0.2) is 17.1 Å². The molecule has 1 amide bonds. The molecule has 0 spiro atoms. The molecule has 0 aliphatic heterocycles. The summed E-state index contributed by atoms with van der Waals surface area (Å²) in [6, 6.07) is 0.516. The van der Waals surface area contributed by atoms with Crippen molar-refractivity contribution < 1.29 is 4.79 Å². The van der Waals surface area contributed by atoms with Crippen LogP contribution in [0, 0.1) is 23.7 Å². The zero-order valence-corrected chi connectivity index (χ0v) is 11.8. The van der Waals surface area contributed by atoms with Gasteiger partial charge in [0.1, 0.15) is 0 Å². The summed E-state index contributed by atoms with van der Waals surface area (Å²) in [7, 11) is 0. The van der Waals surface area contributed by atoms with Crippen molar-refractivity contribution in [1.29, 1.82) is 0 Å². The molecule has 4 aliphatic rings. The molecule has 4 bridgehead atoms. The van der Waals surface area contributed by atoms with Crippen molar-refractivity contribution >= 4 is 23.2 Å². The SMILES string of the molecule is CCC(=O)NC(=S)NC1C2CC3CC(C2)CC1C3. The Labute approximate surface area is 114 Å². The van der Waals surface area contributed by atoms with Crippen molar-refractivity contribution in [3.63, 3.8) is 0 Å². The largest absolute Gasteiger partial charge is 0.359 e. The van der Waals surface area contributed by atoms with Crippen LogP contribution in [-0.2, 0) is 4.79 Å². The molecule has 4 fully saturated rings. The first-order chi connectivity index (χ1) is 8.65. The van der Waals surface area contributed by atoms with Gasteiger partial charge in [-0.15, -0.1) is 0 Å².